The van der Waals surface area contributed by atoms with E-state index in [2.05, 4.69) is 26.2 Å². The first-order valence-corrected chi connectivity index (χ1v) is 6.46. The molecule has 0 aliphatic rings. The van der Waals surface area contributed by atoms with Crippen molar-refractivity contribution in [1.82, 2.24) is 4.98 Å². The SMILES string of the molecule is CCC(CO)Nc1ccc2cccc(Br)c2n1. The van der Waals surface area contributed by atoms with Crippen LogP contribution in [0.4, 0.5) is 5.82 Å². The molecule has 1 aromatic carbocycles. The van der Waals surface area contributed by atoms with Crippen LogP contribution in [-0.2, 0) is 0 Å². The Balaban J connectivity index is 2.34. The van der Waals surface area contributed by atoms with Gasteiger partial charge in [-0.05, 0) is 40.5 Å². The van der Waals surface area contributed by atoms with Gasteiger partial charge in [0.1, 0.15) is 5.82 Å². The average molecular weight is 295 g/mol. The Kier molecular flexibility index (Phi) is 3.97. The zero-order valence-corrected chi connectivity index (χ0v) is 11.2. The predicted molar refractivity (Wildman–Crippen MR) is 74.2 cm³/mol. The number of rotatable bonds is 4. The minimum Gasteiger partial charge on any atom is -0.394 e. The van der Waals surface area contributed by atoms with Gasteiger partial charge in [-0.25, -0.2) is 4.98 Å². The van der Waals surface area contributed by atoms with Gasteiger partial charge in [0.25, 0.3) is 0 Å². The van der Waals surface area contributed by atoms with Gasteiger partial charge in [0.2, 0.25) is 0 Å². The molecule has 2 aromatic rings. The molecule has 0 saturated carbocycles. The number of aliphatic hydroxyl groups is 1. The third-order valence-electron chi connectivity index (χ3n) is 2.74. The van der Waals surface area contributed by atoms with Gasteiger partial charge >= 0.3 is 0 Å². The fraction of sp³-hybridized carbons (Fsp3) is 0.308. The molecule has 4 heteroatoms. The van der Waals surface area contributed by atoms with Crippen LogP contribution in [-0.4, -0.2) is 22.7 Å². The van der Waals surface area contributed by atoms with Crippen molar-refractivity contribution < 1.29 is 5.11 Å². The Morgan fingerprint density at radius 2 is 2.18 bits per heavy atom. The van der Waals surface area contributed by atoms with Gasteiger partial charge in [0, 0.05) is 9.86 Å². The Hall–Kier alpha value is -1.13. The van der Waals surface area contributed by atoms with Crippen molar-refractivity contribution >= 4 is 32.7 Å². The third kappa shape index (κ3) is 2.76. The van der Waals surface area contributed by atoms with Crippen molar-refractivity contribution in [2.24, 2.45) is 0 Å². The molecule has 0 aliphatic heterocycles. The maximum atomic E-state index is 9.16. The number of nitrogens with zero attached hydrogens (tertiary/aromatic N) is 1. The fourth-order valence-electron chi connectivity index (χ4n) is 1.68. The van der Waals surface area contributed by atoms with Crippen molar-refractivity contribution in [3.05, 3.63) is 34.8 Å². The van der Waals surface area contributed by atoms with Crippen LogP contribution in [0.3, 0.4) is 0 Å². The minimum atomic E-state index is 0.0578. The van der Waals surface area contributed by atoms with Crippen LogP contribution in [0.2, 0.25) is 0 Å². The van der Waals surface area contributed by atoms with Crippen molar-refractivity contribution in [2.75, 3.05) is 11.9 Å². The highest BCUT2D eigenvalue weighted by atomic mass is 79.9. The van der Waals surface area contributed by atoms with E-state index in [1.807, 2.05) is 37.3 Å². The first kappa shape index (κ1) is 12.3. The number of hydrogen-bond donors (Lipinski definition) is 2. The number of benzene rings is 1. The first-order valence-electron chi connectivity index (χ1n) is 5.67. The van der Waals surface area contributed by atoms with Gasteiger partial charge < -0.3 is 10.4 Å². The second kappa shape index (κ2) is 5.47. The second-order valence-corrected chi connectivity index (χ2v) is 4.79. The smallest absolute Gasteiger partial charge is 0.126 e. The summed E-state index contributed by atoms with van der Waals surface area (Å²) in [6, 6.07) is 10.0. The zero-order valence-electron chi connectivity index (χ0n) is 9.65. The average Bonchev–Trinajstić information content (AvgIpc) is 2.37. The van der Waals surface area contributed by atoms with Crippen LogP contribution >= 0.6 is 15.9 Å². The molecule has 0 bridgehead atoms. The number of para-hydroxylation sites is 1. The topological polar surface area (TPSA) is 45.1 Å². The summed E-state index contributed by atoms with van der Waals surface area (Å²) in [7, 11) is 0. The number of fused-ring (bicyclic) bond motifs is 1. The molecule has 1 atom stereocenters. The summed E-state index contributed by atoms with van der Waals surface area (Å²) in [6.45, 7) is 2.15. The Bertz CT molecular complexity index is 512. The molecule has 0 radical (unpaired) electrons. The van der Waals surface area contributed by atoms with Crippen molar-refractivity contribution in [3.8, 4) is 0 Å². The first-order chi connectivity index (χ1) is 8.24. The molecule has 0 aliphatic carbocycles. The van der Waals surface area contributed by atoms with Crippen LogP contribution in [0.25, 0.3) is 10.9 Å². The number of aliphatic hydroxyl groups excluding tert-OH is 1. The molecule has 0 fully saturated rings. The van der Waals surface area contributed by atoms with E-state index in [-0.39, 0.29) is 12.6 Å². The maximum absolute atomic E-state index is 9.16. The highest BCUT2D eigenvalue weighted by Crippen LogP contribution is 2.23. The number of aromatic nitrogens is 1. The monoisotopic (exact) mass is 294 g/mol. The largest absolute Gasteiger partial charge is 0.394 e. The number of anilines is 1. The zero-order chi connectivity index (χ0) is 12.3. The summed E-state index contributed by atoms with van der Waals surface area (Å²) in [4.78, 5) is 4.54. The van der Waals surface area contributed by atoms with E-state index in [1.54, 1.807) is 0 Å². The molecule has 0 amide bonds. The number of pyridine rings is 1. The predicted octanol–water partition coefficient (Wildman–Crippen LogP) is 3.18. The fourth-order valence-corrected chi connectivity index (χ4v) is 2.15. The number of nitrogens with one attached hydrogen (secondary N) is 1. The van der Waals surface area contributed by atoms with Gasteiger partial charge in [-0.2, -0.15) is 0 Å². The Labute approximate surface area is 109 Å². The van der Waals surface area contributed by atoms with Crippen LogP contribution in [0, 0.1) is 0 Å². The van der Waals surface area contributed by atoms with Crippen molar-refractivity contribution in [3.63, 3.8) is 0 Å². The molecule has 1 aromatic heterocycles. The molecule has 90 valence electrons. The van der Waals surface area contributed by atoms with Gasteiger partial charge in [0.15, 0.2) is 0 Å². The van der Waals surface area contributed by atoms with E-state index >= 15 is 0 Å². The summed E-state index contributed by atoms with van der Waals surface area (Å²) in [6.07, 6.45) is 0.867. The molecule has 2 N–H and O–H groups in total. The molecule has 1 heterocycles. The summed E-state index contributed by atoms with van der Waals surface area (Å²) >= 11 is 3.49. The highest BCUT2D eigenvalue weighted by Gasteiger charge is 2.06. The Morgan fingerprint density at radius 1 is 1.35 bits per heavy atom. The third-order valence-corrected chi connectivity index (χ3v) is 3.38. The molecule has 3 nitrogen and oxygen atoms in total. The van der Waals surface area contributed by atoms with Crippen molar-refractivity contribution in [1.29, 1.82) is 0 Å². The highest BCUT2D eigenvalue weighted by molar-refractivity contribution is 9.10. The maximum Gasteiger partial charge on any atom is 0.126 e. The molecule has 0 spiro atoms. The van der Waals surface area contributed by atoms with E-state index in [1.165, 1.54) is 0 Å². The van der Waals surface area contributed by atoms with Gasteiger partial charge in [-0.15, -0.1) is 0 Å². The van der Waals surface area contributed by atoms with Gasteiger partial charge in [-0.1, -0.05) is 19.1 Å². The van der Waals surface area contributed by atoms with Crippen molar-refractivity contribution in [2.45, 2.75) is 19.4 Å². The molecule has 2 rings (SSSR count). The lowest BCUT2D eigenvalue weighted by Gasteiger charge is -2.15. The normalized spacial score (nSPS) is 12.6. The van der Waals surface area contributed by atoms with E-state index in [9.17, 15) is 0 Å². The molecule has 17 heavy (non-hydrogen) atoms. The van der Waals surface area contributed by atoms with E-state index < -0.39 is 0 Å². The van der Waals surface area contributed by atoms with Gasteiger partial charge in [-0.3, -0.25) is 0 Å². The van der Waals surface area contributed by atoms with Crippen LogP contribution in [0.5, 0.6) is 0 Å². The molecule has 0 saturated heterocycles. The lowest BCUT2D eigenvalue weighted by Crippen LogP contribution is -2.23. The number of halogens is 1. The summed E-state index contributed by atoms with van der Waals surface area (Å²) in [5.41, 5.74) is 0.935. The Morgan fingerprint density at radius 3 is 2.88 bits per heavy atom. The van der Waals surface area contributed by atoms with Gasteiger partial charge in [0.05, 0.1) is 18.2 Å². The second-order valence-electron chi connectivity index (χ2n) is 3.94. The van der Waals surface area contributed by atoms with E-state index in [4.69, 9.17) is 5.11 Å². The summed E-state index contributed by atoms with van der Waals surface area (Å²) in [5, 5.41) is 13.5. The van der Waals surface area contributed by atoms with E-state index in [0.717, 1.165) is 27.6 Å². The lowest BCUT2D eigenvalue weighted by atomic mass is 10.2. The molecular formula is C13H15BrN2O. The van der Waals surface area contributed by atoms with E-state index in [0.29, 0.717) is 0 Å². The minimum absolute atomic E-state index is 0.0578. The molecular weight excluding hydrogens is 280 g/mol. The summed E-state index contributed by atoms with van der Waals surface area (Å²) in [5.74, 6) is 0.797. The van der Waals surface area contributed by atoms with Crippen LogP contribution < -0.4 is 5.32 Å². The standard InChI is InChI=1S/C13H15BrN2O/c1-2-10(8-17)15-12-7-6-9-4-3-5-11(14)13(9)16-12/h3-7,10,17H,2,8H2,1H3,(H,15,16). The lowest BCUT2D eigenvalue weighted by molar-refractivity contribution is 0.271. The molecule has 1 unspecified atom stereocenters. The van der Waals surface area contributed by atoms with Crippen LogP contribution in [0.15, 0.2) is 34.8 Å². The van der Waals surface area contributed by atoms with Crippen LogP contribution in [0.1, 0.15) is 13.3 Å². The quantitative estimate of drug-likeness (QED) is 0.910. The summed E-state index contributed by atoms with van der Waals surface area (Å²) < 4.78 is 0.982. The number of hydrogen-bond acceptors (Lipinski definition) is 3.